The van der Waals surface area contributed by atoms with Crippen LogP contribution in [-0.4, -0.2) is 34.9 Å². The summed E-state index contributed by atoms with van der Waals surface area (Å²) in [7, 11) is 0. The molecule has 23 heavy (non-hydrogen) atoms. The first-order valence-corrected chi connectivity index (χ1v) is 6.86. The first-order chi connectivity index (χ1) is 11.0. The number of amides is 1. The van der Waals surface area contributed by atoms with Gasteiger partial charge in [0.25, 0.3) is 11.5 Å². The fraction of sp³-hybridized carbons (Fsp3) is 0.188. The summed E-state index contributed by atoms with van der Waals surface area (Å²) < 4.78 is 1.03. The lowest BCUT2D eigenvalue weighted by Gasteiger charge is -2.15. The zero-order valence-electron chi connectivity index (χ0n) is 12.5. The third-order valence-corrected chi connectivity index (χ3v) is 3.25. The SMILES string of the molecule is C=CCOn1c(=O)c(C(=O)NCC(=O)O)c(C)c2ccccc21. The molecular weight excluding hydrogens is 300 g/mol. The van der Waals surface area contributed by atoms with Gasteiger partial charge in [0.05, 0.1) is 5.52 Å². The van der Waals surface area contributed by atoms with Crippen molar-refractivity contribution in [2.45, 2.75) is 6.92 Å². The molecule has 0 fully saturated rings. The summed E-state index contributed by atoms with van der Waals surface area (Å²) >= 11 is 0. The molecule has 1 amide bonds. The fourth-order valence-corrected chi connectivity index (χ4v) is 2.24. The molecule has 2 rings (SSSR count). The molecule has 0 saturated heterocycles. The van der Waals surface area contributed by atoms with E-state index in [2.05, 4.69) is 11.9 Å². The van der Waals surface area contributed by atoms with Gasteiger partial charge in [-0.1, -0.05) is 30.9 Å². The van der Waals surface area contributed by atoms with Gasteiger partial charge in [0.2, 0.25) is 0 Å². The Morgan fingerprint density at radius 2 is 2.09 bits per heavy atom. The van der Waals surface area contributed by atoms with Crippen molar-refractivity contribution in [1.82, 2.24) is 10.0 Å². The third-order valence-electron chi connectivity index (χ3n) is 3.25. The van der Waals surface area contributed by atoms with Gasteiger partial charge in [0.15, 0.2) is 0 Å². The van der Waals surface area contributed by atoms with Crippen LogP contribution in [0, 0.1) is 6.92 Å². The second-order valence-corrected chi connectivity index (χ2v) is 4.78. The van der Waals surface area contributed by atoms with Crippen LogP contribution in [0.15, 0.2) is 41.7 Å². The highest BCUT2D eigenvalue weighted by atomic mass is 16.7. The maximum atomic E-state index is 12.6. The van der Waals surface area contributed by atoms with Crippen molar-refractivity contribution in [3.05, 3.63) is 58.4 Å². The normalized spacial score (nSPS) is 10.3. The molecule has 1 aromatic heterocycles. The predicted octanol–water partition coefficient (Wildman–Crippen LogP) is 0.739. The number of carbonyl (C=O) groups excluding carboxylic acids is 1. The Morgan fingerprint density at radius 1 is 1.39 bits per heavy atom. The molecule has 0 saturated carbocycles. The monoisotopic (exact) mass is 316 g/mol. The second-order valence-electron chi connectivity index (χ2n) is 4.78. The van der Waals surface area contributed by atoms with Crippen molar-refractivity contribution in [1.29, 1.82) is 0 Å². The van der Waals surface area contributed by atoms with E-state index in [4.69, 9.17) is 9.94 Å². The molecule has 2 aromatic rings. The topological polar surface area (TPSA) is 97.6 Å². The van der Waals surface area contributed by atoms with Crippen LogP contribution in [0.2, 0.25) is 0 Å². The largest absolute Gasteiger partial charge is 0.480 e. The van der Waals surface area contributed by atoms with Crippen LogP contribution < -0.4 is 15.7 Å². The molecule has 0 aliphatic carbocycles. The van der Waals surface area contributed by atoms with E-state index >= 15 is 0 Å². The number of rotatable bonds is 6. The van der Waals surface area contributed by atoms with Gasteiger partial charge >= 0.3 is 5.97 Å². The molecular formula is C16H16N2O5. The van der Waals surface area contributed by atoms with Crippen LogP contribution in [-0.2, 0) is 4.79 Å². The van der Waals surface area contributed by atoms with Gasteiger partial charge < -0.3 is 15.3 Å². The first-order valence-electron chi connectivity index (χ1n) is 6.86. The number of para-hydroxylation sites is 1. The van der Waals surface area contributed by atoms with E-state index in [0.717, 1.165) is 4.73 Å². The standard InChI is InChI=1S/C16H16N2O5/c1-3-8-23-18-12-7-5-4-6-11(12)10(2)14(16(18)22)15(21)17-9-13(19)20/h3-7H,1,8-9H2,2H3,(H,17,21)(H,19,20). The van der Waals surface area contributed by atoms with E-state index in [-0.39, 0.29) is 12.2 Å². The summed E-state index contributed by atoms with van der Waals surface area (Å²) in [5.74, 6) is -1.95. The van der Waals surface area contributed by atoms with Crippen LogP contribution >= 0.6 is 0 Å². The molecule has 0 aliphatic rings. The maximum Gasteiger partial charge on any atom is 0.322 e. The Bertz CT molecular complexity index is 838. The third kappa shape index (κ3) is 3.23. The average molecular weight is 316 g/mol. The van der Waals surface area contributed by atoms with Gasteiger partial charge in [0, 0.05) is 5.39 Å². The van der Waals surface area contributed by atoms with E-state index in [1.807, 2.05) is 0 Å². The summed E-state index contributed by atoms with van der Waals surface area (Å²) in [4.78, 5) is 40.7. The van der Waals surface area contributed by atoms with Crippen molar-refractivity contribution in [3.8, 4) is 0 Å². The van der Waals surface area contributed by atoms with Crippen molar-refractivity contribution < 1.29 is 19.5 Å². The van der Waals surface area contributed by atoms with E-state index in [1.54, 1.807) is 31.2 Å². The molecule has 7 nitrogen and oxygen atoms in total. The van der Waals surface area contributed by atoms with Gasteiger partial charge in [-0.2, -0.15) is 0 Å². The van der Waals surface area contributed by atoms with Gasteiger partial charge in [0.1, 0.15) is 18.7 Å². The van der Waals surface area contributed by atoms with Crippen molar-refractivity contribution in [3.63, 3.8) is 0 Å². The smallest absolute Gasteiger partial charge is 0.322 e. The van der Waals surface area contributed by atoms with Crippen LogP contribution in [0.4, 0.5) is 0 Å². The fourth-order valence-electron chi connectivity index (χ4n) is 2.24. The molecule has 0 aliphatic heterocycles. The second kappa shape index (κ2) is 6.78. The number of pyridine rings is 1. The molecule has 7 heteroatoms. The van der Waals surface area contributed by atoms with Gasteiger partial charge in [-0.15, -0.1) is 4.73 Å². The molecule has 120 valence electrons. The van der Waals surface area contributed by atoms with Crippen molar-refractivity contribution >= 4 is 22.8 Å². The van der Waals surface area contributed by atoms with E-state index in [9.17, 15) is 14.4 Å². The molecule has 2 N–H and O–H groups in total. The quantitative estimate of drug-likeness (QED) is 0.766. The number of hydrogen-bond acceptors (Lipinski definition) is 4. The predicted molar refractivity (Wildman–Crippen MR) is 84.6 cm³/mol. The van der Waals surface area contributed by atoms with E-state index in [0.29, 0.717) is 16.5 Å². The molecule has 0 atom stereocenters. The maximum absolute atomic E-state index is 12.6. The van der Waals surface area contributed by atoms with Gasteiger partial charge in [-0.05, 0) is 18.6 Å². The number of nitrogens with zero attached hydrogens (tertiary/aromatic N) is 1. The number of benzene rings is 1. The molecule has 1 aromatic carbocycles. The molecule has 0 radical (unpaired) electrons. The zero-order valence-corrected chi connectivity index (χ0v) is 12.5. The summed E-state index contributed by atoms with van der Waals surface area (Å²) in [6.07, 6.45) is 1.48. The minimum Gasteiger partial charge on any atom is -0.480 e. The van der Waals surface area contributed by atoms with Crippen LogP contribution in [0.1, 0.15) is 15.9 Å². The Kier molecular flexibility index (Phi) is 4.80. The lowest BCUT2D eigenvalue weighted by molar-refractivity contribution is -0.135. The first kappa shape index (κ1) is 16.3. The number of carboxylic acid groups (broad SMARTS) is 1. The highest BCUT2D eigenvalue weighted by Gasteiger charge is 2.20. The highest BCUT2D eigenvalue weighted by Crippen LogP contribution is 2.18. The minimum absolute atomic E-state index is 0.0865. The van der Waals surface area contributed by atoms with Crippen LogP contribution in [0.3, 0.4) is 0 Å². The number of carbonyl (C=O) groups is 2. The number of nitrogens with one attached hydrogen (secondary N) is 1. The molecule has 0 unspecified atom stereocenters. The zero-order chi connectivity index (χ0) is 17.0. The van der Waals surface area contributed by atoms with Gasteiger partial charge in [-0.3, -0.25) is 14.4 Å². The Morgan fingerprint density at radius 3 is 2.74 bits per heavy atom. The Labute approximate surface area is 131 Å². The number of fused-ring (bicyclic) bond motifs is 1. The summed E-state index contributed by atoms with van der Waals surface area (Å²) in [6, 6.07) is 6.98. The lowest BCUT2D eigenvalue weighted by atomic mass is 10.0. The molecule has 0 spiro atoms. The summed E-state index contributed by atoms with van der Waals surface area (Å²) in [5, 5.41) is 11.5. The Balaban J connectivity index is 2.64. The number of carboxylic acids is 1. The summed E-state index contributed by atoms with van der Waals surface area (Å²) in [6.45, 7) is 4.68. The molecule has 1 heterocycles. The highest BCUT2D eigenvalue weighted by molar-refractivity contribution is 6.00. The van der Waals surface area contributed by atoms with Crippen molar-refractivity contribution in [2.75, 3.05) is 13.2 Å². The van der Waals surface area contributed by atoms with Gasteiger partial charge in [-0.25, -0.2) is 0 Å². The average Bonchev–Trinajstić information content (AvgIpc) is 2.53. The van der Waals surface area contributed by atoms with Crippen molar-refractivity contribution in [2.24, 2.45) is 0 Å². The number of hydrogen-bond donors (Lipinski definition) is 2. The number of aromatic nitrogens is 1. The lowest BCUT2D eigenvalue weighted by Crippen LogP contribution is -2.38. The van der Waals surface area contributed by atoms with Crippen LogP contribution in [0.5, 0.6) is 0 Å². The van der Waals surface area contributed by atoms with E-state index < -0.39 is 24.0 Å². The Hall–Kier alpha value is -3.09. The summed E-state index contributed by atoms with van der Waals surface area (Å²) in [5.41, 5.74) is 0.193. The minimum atomic E-state index is -1.19. The van der Waals surface area contributed by atoms with Crippen LogP contribution in [0.25, 0.3) is 10.9 Å². The number of aryl methyl sites for hydroxylation is 1. The number of aliphatic carboxylic acids is 1. The van der Waals surface area contributed by atoms with E-state index in [1.165, 1.54) is 6.08 Å². The molecule has 0 bridgehead atoms.